The lowest BCUT2D eigenvalue weighted by Gasteiger charge is -2.14. The van der Waals surface area contributed by atoms with Crippen molar-refractivity contribution in [3.05, 3.63) is 17.7 Å². The van der Waals surface area contributed by atoms with Gasteiger partial charge in [-0.2, -0.15) is 13.2 Å². The Morgan fingerprint density at radius 3 is 1.89 bits per heavy atom. The zero-order valence-electron chi connectivity index (χ0n) is 9.99. The van der Waals surface area contributed by atoms with Gasteiger partial charge >= 0.3 is 6.18 Å². The molecule has 0 atom stereocenters. The Balaban J connectivity index is 0. The molecule has 0 saturated heterocycles. The van der Waals surface area contributed by atoms with E-state index in [1.807, 2.05) is 0 Å². The molecule has 0 spiro atoms. The number of nitrogen functional groups attached to an aromatic ring is 2. The van der Waals surface area contributed by atoms with Crippen LogP contribution in [0.3, 0.4) is 0 Å². The lowest BCUT2D eigenvalue weighted by Crippen LogP contribution is -2.11. The molecule has 1 aromatic rings. The molecule has 0 fully saturated rings. The van der Waals surface area contributed by atoms with Gasteiger partial charge in [0, 0.05) is 7.11 Å². The van der Waals surface area contributed by atoms with E-state index in [0.29, 0.717) is 6.61 Å². The Labute approximate surface area is 121 Å². The molecule has 9 heteroatoms. The van der Waals surface area contributed by atoms with Crippen LogP contribution in [0.5, 0.6) is 5.75 Å². The van der Waals surface area contributed by atoms with Gasteiger partial charge in [0.05, 0.1) is 23.5 Å². The minimum Gasteiger partial charge on any atom is -0.487 e. The van der Waals surface area contributed by atoms with E-state index in [4.69, 9.17) is 20.9 Å². The van der Waals surface area contributed by atoms with Crippen LogP contribution in [0.2, 0.25) is 0 Å². The summed E-state index contributed by atoms with van der Waals surface area (Å²) in [6.07, 6.45) is -4.48. The Morgan fingerprint density at radius 2 is 1.53 bits per heavy atom. The molecule has 0 aromatic heterocycles. The topological polar surface area (TPSA) is 70.5 Å². The van der Waals surface area contributed by atoms with Crippen LogP contribution in [0.15, 0.2) is 12.1 Å². The number of nitrogens with two attached hydrogens (primary N) is 2. The molecule has 0 amide bonds. The maximum atomic E-state index is 12.4. The largest absolute Gasteiger partial charge is 0.487 e. The standard InChI is InChI=1S/C10H13F3N2O2.2ClH/c1-16-2-3-17-9-7(14)4-6(5-8(9)15)10(11,12)13;;/h4-5H,2-3,14-15H2,1H3;2*1H. The highest BCUT2D eigenvalue weighted by atomic mass is 35.5. The molecule has 19 heavy (non-hydrogen) atoms. The predicted molar refractivity (Wildman–Crippen MR) is 72.1 cm³/mol. The van der Waals surface area contributed by atoms with Gasteiger partial charge in [-0.15, -0.1) is 24.8 Å². The average Bonchev–Trinajstić information content (AvgIpc) is 2.20. The summed E-state index contributed by atoms with van der Waals surface area (Å²) >= 11 is 0. The highest BCUT2D eigenvalue weighted by Crippen LogP contribution is 2.37. The minimum atomic E-state index is -4.48. The Hall–Kier alpha value is -1.05. The second-order valence-electron chi connectivity index (χ2n) is 3.32. The Bertz CT molecular complexity index is 380. The van der Waals surface area contributed by atoms with Gasteiger partial charge < -0.3 is 20.9 Å². The summed E-state index contributed by atoms with van der Waals surface area (Å²) in [5.74, 6) is 0.0510. The molecule has 1 aromatic carbocycles. The molecular weight excluding hydrogens is 308 g/mol. The third kappa shape index (κ3) is 5.63. The number of hydrogen-bond acceptors (Lipinski definition) is 4. The molecular formula is C10H15Cl2F3N2O2. The van der Waals surface area contributed by atoms with Crippen LogP contribution in [0.1, 0.15) is 5.56 Å². The summed E-state index contributed by atoms with van der Waals surface area (Å²) in [6, 6.07) is 1.58. The quantitative estimate of drug-likeness (QED) is 0.660. The second kappa shape index (κ2) is 8.19. The van der Waals surface area contributed by atoms with E-state index in [1.165, 1.54) is 7.11 Å². The average molecular weight is 323 g/mol. The van der Waals surface area contributed by atoms with Crippen molar-refractivity contribution in [2.75, 3.05) is 31.8 Å². The van der Waals surface area contributed by atoms with E-state index in [9.17, 15) is 13.2 Å². The van der Waals surface area contributed by atoms with Crippen LogP contribution in [-0.4, -0.2) is 20.3 Å². The van der Waals surface area contributed by atoms with Gasteiger partial charge in [-0.3, -0.25) is 0 Å². The second-order valence-corrected chi connectivity index (χ2v) is 3.32. The number of hydrogen-bond donors (Lipinski definition) is 2. The fourth-order valence-corrected chi connectivity index (χ4v) is 1.23. The van der Waals surface area contributed by atoms with E-state index >= 15 is 0 Å². The van der Waals surface area contributed by atoms with Crippen molar-refractivity contribution in [2.24, 2.45) is 0 Å². The summed E-state index contributed by atoms with van der Waals surface area (Å²) in [7, 11) is 1.48. The maximum absolute atomic E-state index is 12.4. The third-order valence-corrected chi connectivity index (χ3v) is 2.01. The molecule has 1 rings (SSSR count). The molecule has 0 heterocycles. The van der Waals surface area contributed by atoms with Crippen LogP contribution >= 0.6 is 24.8 Å². The maximum Gasteiger partial charge on any atom is 0.416 e. The molecule has 0 radical (unpaired) electrons. The molecule has 0 bridgehead atoms. The molecule has 0 aliphatic carbocycles. The number of rotatable bonds is 4. The first-order valence-electron chi connectivity index (χ1n) is 4.74. The number of methoxy groups -OCH3 is 1. The van der Waals surface area contributed by atoms with Crippen LogP contribution in [0.25, 0.3) is 0 Å². The molecule has 0 aliphatic rings. The van der Waals surface area contributed by atoms with Crippen LogP contribution in [-0.2, 0) is 10.9 Å². The smallest absolute Gasteiger partial charge is 0.416 e. The van der Waals surface area contributed by atoms with E-state index in [0.717, 1.165) is 12.1 Å². The molecule has 4 N–H and O–H groups in total. The number of benzene rings is 1. The zero-order chi connectivity index (χ0) is 13.1. The molecule has 4 nitrogen and oxygen atoms in total. The summed E-state index contributed by atoms with van der Waals surface area (Å²) in [5.41, 5.74) is 9.72. The van der Waals surface area contributed by atoms with Crippen LogP contribution in [0.4, 0.5) is 24.5 Å². The van der Waals surface area contributed by atoms with E-state index in [-0.39, 0.29) is 48.5 Å². The Kier molecular flexibility index (Phi) is 8.73. The van der Waals surface area contributed by atoms with E-state index in [2.05, 4.69) is 0 Å². The number of alkyl halides is 3. The van der Waals surface area contributed by atoms with Gasteiger partial charge in [0.25, 0.3) is 0 Å². The summed E-state index contributed by atoms with van der Waals surface area (Å²) < 4.78 is 47.1. The predicted octanol–water partition coefficient (Wildman–Crippen LogP) is 2.74. The first-order valence-corrected chi connectivity index (χ1v) is 4.74. The van der Waals surface area contributed by atoms with Crippen LogP contribution in [0, 0.1) is 0 Å². The SMILES string of the molecule is COCCOc1c(N)cc(C(F)(F)F)cc1N.Cl.Cl. The normalized spacial score (nSPS) is 10.3. The van der Waals surface area contributed by atoms with Gasteiger partial charge in [-0.1, -0.05) is 0 Å². The van der Waals surface area contributed by atoms with Gasteiger partial charge in [0.1, 0.15) is 6.61 Å². The number of halogens is 5. The lowest BCUT2D eigenvalue weighted by molar-refractivity contribution is -0.137. The van der Waals surface area contributed by atoms with E-state index < -0.39 is 11.7 Å². The van der Waals surface area contributed by atoms with Crippen molar-refractivity contribution >= 4 is 36.2 Å². The van der Waals surface area contributed by atoms with Gasteiger partial charge in [-0.05, 0) is 12.1 Å². The number of anilines is 2. The summed E-state index contributed by atoms with van der Waals surface area (Å²) in [4.78, 5) is 0. The first-order chi connectivity index (χ1) is 7.86. The van der Waals surface area contributed by atoms with Crippen molar-refractivity contribution < 1.29 is 22.6 Å². The zero-order valence-corrected chi connectivity index (χ0v) is 11.6. The third-order valence-electron chi connectivity index (χ3n) is 2.01. The lowest BCUT2D eigenvalue weighted by atomic mass is 10.1. The summed E-state index contributed by atoms with van der Waals surface area (Å²) in [6.45, 7) is 0.455. The molecule has 0 aliphatic heterocycles. The van der Waals surface area contributed by atoms with Crippen molar-refractivity contribution in [1.29, 1.82) is 0 Å². The first kappa shape index (κ1) is 20.3. The highest BCUT2D eigenvalue weighted by molar-refractivity contribution is 5.85. The van der Waals surface area contributed by atoms with Gasteiger partial charge in [0.15, 0.2) is 5.75 Å². The molecule has 0 saturated carbocycles. The Morgan fingerprint density at radius 1 is 1.05 bits per heavy atom. The van der Waals surface area contributed by atoms with Crippen molar-refractivity contribution in [2.45, 2.75) is 6.18 Å². The van der Waals surface area contributed by atoms with Crippen LogP contribution < -0.4 is 16.2 Å². The van der Waals surface area contributed by atoms with Crippen molar-refractivity contribution in [3.8, 4) is 5.75 Å². The summed E-state index contributed by atoms with van der Waals surface area (Å²) in [5, 5.41) is 0. The fourth-order valence-electron chi connectivity index (χ4n) is 1.23. The molecule has 112 valence electrons. The molecule has 0 unspecified atom stereocenters. The number of ether oxygens (including phenoxy) is 2. The van der Waals surface area contributed by atoms with E-state index in [1.54, 1.807) is 0 Å². The van der Waals surface area contributed by atoms with Crippen molar-refractivity contribution in [1.82, 2.24) is 0 Å². The fraction of sp³-hybridized carbons (Fsp3) is 0.400. The van der Waals surface area contributed by atoms with Crippen molar-refractivity contribution in [3.63, 3.8) is 0 Å². The van der Waals surface area contributed by atoms with Gasteiger partial charge in [-0.25, -0.2) is 0 Å². The minimum absolute atomic E-state index is 0. The van der Waals surface area contributed by atoms with Gasteiger partial charge in [0.2, 0.25) is 0 Å². The highest BCUT2D eigenvalue weighted by Gasteiger charge is 2.32. The monoisotopic (exact) mass is 322 g/mol.